The first kappa shape index (κ1) is 9.40. The molecule has 1 heterocycles. The second kappa shape index (κ2) is 3.92. The molecule has 2 rings (SSSR count). The molecule has 76 valence electrons. The molecular formula is C10H16N4. The Kier molecular flexibility index (Phi) is 2.63. The van der Waals surface area contributed by atoms with Crippen molar-refractivity contribution in [2.45, 2.75) is 25.4 Å². The number of hydrogen-bond acceptors (Lipinski definition) is 4. The standard InChI is InChI=1S/C10H16N4/c1-14(2)10-12-6-8(7-13-10)5-11-9-3-4-9/h6-7,9,11H,3-5H2,1-2H3. The molecule has 0 spiro atoms. The van der Waals surface area contributed by atoms with Crippen LogP contribution in [0.3, 0.4) is 0 Å². The Bertz CT molecular complexity index is 289. The zero-order chi connectivity index (χ0) is 9.97. The SMILES string of the molecule is CN(C)c1ncc(CNC2CC2)cn1. The molecule has 0 saturated heterocycles. The summed E-state index contributed by atoms with van der Waals surface area (Å²) in [6, 6.07) is 0.739. The van der Waals surface area contributed by atoms with Gasteiger partial charge in [-0.15, -0.1) is 0 Å². The van der Waals surface area contributed by atoms with Crippen LogP contribution in [0.2, 0.25) is 0 Å². The van der Waals surface area contributed by atoms with E-state index in [0.717, 1.165) is 24.1 Å². The molecule has 1 aliphatic carbocycles. The lowest BCUT2D eigenvalue weighted by atomic mass is 10.3. The molecule has 4 nitrogen and oxygen atoms in total. The molecule has 0 amide bonds. The number of rotatable bonds is 4. The van der Waals surface area contributed by atoms with Crippen molar-refractivity contribution in [3.63, 3.8) is 0 Å². The van der Waals surface area contributed by atoms with E-state index >= 15 is 0 Å². The van der Waals surface area contributed by atoms with Crippen molar-refractivity contribution in [1.82, 2.24) is 15.3 Å². The average molecular weight is 192 g/mol. The molecule has 0 unspecified atom stereocenters. The van der Waals surface area contributed by atoms with Crippen molar-refractivity contribution in [3.05, 3.63) is 18.0 Å². The molecule has 0 atom stereocenters. The van der Waals surface area contributed by atoms with Crippen LogP contribution in [0, 0.1) is 0 Å². The number of nitrogens with one attached hydrogen (secondary N) is 1. The molecule has 1 saturated carbocycles. The van der Waals surface area contributed by atoms with E-state index in [0.29, 0.717) is 0 Å². The zero-order valence-electron chi connectivity index (χ0n) is 8.70. The van der Waals surface area contributed by atoms with E-state index in [4.69, 9.17) is 0 Å². The summed E-state index contributed by atoms with van der Waals surface area (Å²) < 4.78 is 0. The van der Waals surface area contributed by atoms with Crippen LogP contribution in [0.1, 0.15) is 18.4 Å². The number of nitrogens with zero attached hydrogens (tertiary/aromatic N) is 3. The van der Waals surface area contributed by atoms with Gasteiger partial charge in [-0.2, -0.15) is 0 Å². The smallest absolute Gasteiger partial charge is 0.224 e. The van der Waals surface area contributed by atoms with Crippen molar-refractivity contribution in [3.8, 4) is 0 Å². The van der Waals surface area contributed by atoms with Crippen LogP contribution < -0.4 is 10.2 Å². The summed E-state index contributed by atoms with van der Waals surface area (Å²) in [5.74, 6) is 0.764. The van der Waals surface area contributed by atoms with E-state index in [1.807, 2.05) is 31.4 Å². The molecule has 4 heteroatoms. The van der Waals surface area contributed by atoms with E-state index in [-0.39, 0.29) is 0 Å². The van der Waals surface area contributed by atoms with Crippen molar-refractivity contribution in [2.75, 3.05) is 19.0 Å². The van der Waals surface area contributed by atoms with Crippen molar-refractivity contribution in [2.24, 2.45) is 0 Å². The van der Waals surface area contributed by atoms with E-state index in [2.05, 4.69) is 15.3 Å². The van der Waals surface area contributed by atoms with Gasteiger partial charge in [0.1, 0.15) is 0 Å². The highest BCUT2D eigenvalue weighted by atomic mass is 15.2. The highest BCUT2D eigenvalue weighted by Crippen LogP contribution is 2.19. The fourth-order valence-electron chi connectivity index (χ4n) is 1.22. The molecule has 1 aliphatic rings. The monoisotopic (exact) mass is 192 g/mol. The Morgan fingerprint density at radius 3 is 2.50 bits per heavy atom. The van der Waals surface area contributed by atoms with Crippen molar-refractivity contribution < 1.29 is 0 Å². The van der Waals surface area contributed by atoms with Crippen molar-refractivity contribution in [1.29, 1.82) is 0 Å². The summed E-state index contributed by atoms with van der Waals surface area (Å²) in [5.41, 5.74) is 1.16. The molecule has 0 aromatic carbocycles. The molecule has 1 aromatic heterocycles. The Labute approximate surface area is 84.4 Å². The Balaban J connectivity index is 1.91. The van der Waals surface area contributed by atoms with Crippen molar-refractivity contribution >= 4 is 5.95 Å². The van der Waals surface area contributed by atoms with Crippen LogP contribution in [0.5, 0.6) is 0 Å². The summed E-state index contributed by atoms with van der Waals surface area (Å²) in [4.78, 5) is 10.4. The first-order chi connectivity index (χ1) is 6.75. The third kappa shape index (κ3) is 2.42. The summed E-state index contributed by atoms with van der Waals surface area (Å²) in [6.45, 7) is 0.887. The van der Waals surface area contributed by atoms with Gasteiger partial charge in [0.05, 0.1) is 0 Å². The molecular weight excluding hydrogens is 176 g/mol. The maximum Gasteiger partial charge on any atom is 0.224 e. The lowest BCUT2D eigenvalue weighted by molar-refractivity contribution is 0.683. The largest absolute Gasteiger partial charge is 0.347 e. The fourth-order valence-corrected chi connectivity index (χ4v) is 1.22. The molecule has 14 heavy (non-hydrogen) atoms. The summed E-state index contributed by atoms with van der Waals surface area (Å²) in [5, 5.41) is 3.43. The minimum absolute atomic E-state index is 0.739. The normalized spacial score (nSPS) is 15.6. The van der Waals surface area contributed by atoms with Gasteiger partial charge in [0.15, 0.2) is 0 Å². The topological polar surface area (TPSA) is 41.1 Å². The van der Waals surface area contributed by atoms with Gasteiger partial charge in [-0.25, -0.2) is 9.97 Å². The van der Waals surface area contributed by atoms with Gasteiger partial charge in [-0.05, 0) is 12.8 Å². The maximum absolute atomic E-state index is 4.25. The quantitative estimate of drug-likeness (QED) is 0.766. The molecule has 1 aromatic rings. The minimum Gasteiger partial charge on any atom is -0.347 e. The summed E-state index contributed by atoms with van der Waals surface area (Å²) in [7, 11) is 3.88. The zero-order valence-corrected chi connectivity index (χ0v) is 8.70. The Hall–Kier alpha value is -1.16. The van der Waals surface area contributed by atoms with Crippen LogP contribution >= 0.6 is 0 Å². The van der Waals surface area contributed by atoms with Gasteiger partial charge in [-0.1, -0.05) is 0 Å². The predicted molar refractivity (Wildman–Crippen MR) is 56.2 cm³/mol. The van der Waals surface area contributed by atoms with E-state index in [9.17, 15) is 0 Å². The van der Waals surface area contributed by atoms with Crippen LogP contribution in [0.4, 0.5) is 5.95 Å². The van der Waals surface area contributed by atoms with Crippen LogP contribution in [-0.2, 0) is 6.54 Å². The first-order valence-electron chi connectivity index (χ1n) is 4.97. The molecule has 1 fully saturated rings. The third-order valence-electron chi connectivity index (χ3n) is 2.26. The Morgan fingerprint density at radius 2 is 2.00 bits per heavy atom. The highest BCUT2D eigenvalue weighted by molar-refractivity contribution is 5.26. The van der Waals surface area contributed by atoms with Gasteiger partial charge in [0.2, 0.25) is 5.95 Å². The highest BCUT2D eigenvalue weighted by Gasteiger charge is 2.19. The molecule has 0 radical (unpaired) electrons. The predicted octanol–water partition coefficient (Wildman–Crippen LogP) is 0.795. The van der Waals surface area contributed by atoms with E-state index in [1.165, 1.54) is 12.8 Å². The average Bonchev–Trinajstić information content (AvgIpc) is 2.99. The summed E-state index contributed by atoms with van der Waals surface area (Å²) >= 11 is 0. The lowest BCUT2D eigenvalue weighted by Gasteiger charge is -2.09. The van der Waals surface area contributed by atoms with Gasteiger partial charge < -0.3 is 10.2 Å². The second-order valence-electron chi connectivity index (χ2n) is 3.94. The van der Waals surface area contributed by atoms with Crippen LogP contribution in [0.25, 0.3) is 0 Å². The van der Waals surface area contributed by atoms with E-state index < -0.39 is 0 Å². The first-order valence-corrected chi connectivity index (χ1v) is 4.97. The fraction of sp³-hybridized carbons (Fsp3) is 0.600. The number of anilines is 1. The summed E-state index contributed by atoms with van der Waals surface area (Å²) in [6.07, 6.45) is 6.41. The minimum atomic E-state index is 0.739. The van der Waals surface area contributed by atoms with Gasteiger partial charge in [0.25, 0.3) is 0 Å². The maximum atomic E-state index is 4.25. The van der Waals surface area contributed by atoms with E-state index in [1.54, 1.807) is 0 Å². The number of aromatic nitrogens is 2. The van der Waals surface area contributed by atoms with Crippen LogP contribution in [0.15, 0.2) is 12.4 Å². The number of hydrogen-bond donors (Lipinski definition) is 1. The van der Waals surface area contributed by atoms with Gasteiger partial charge >= 0.3 is 0 Å². The molecule has 0 aliphatic heterocycles. The third-order valence-corrected chi connectivity index (χ3v) is 2.26. The Morgan fingerprint density at radius 1 is 1.36 bits per heavy atom. The van der Waals surface area contributed by atoms with Gasteiger partial charge in [-0.3, -0.25) is 0 Å². The molecule has 1 N–H and O–H groups in total. The molecule has 0 bridgehead atoms. The van der Waals surface area contributed by atoms with Crippen LogP contribution in [-0.4, -0.2) is 30.1 Å². The van der Waals surface area contributed by atoms with Gasteiger partial charge in [0, 0.05) is 44.6 Å². The lowest BCUT2D eigenvalue weighted by Crippen LogP contribution is -2.17. The second-order valence-corrected chi connectivity index (χ2v) is 3.94.